The first-order valence-electron chi connectivity index (χ1n) is 6.17. The van der Waals surface area contributed by atoms with Crippen LogP contribution in [-0.2, 0) is 4.79 Å². The molecule has 0 aliphatic carbocycles. The molecule has 1 aromatic carbocycles. The number of aliphatic hydroxyl groups is 1. The summed E-state index contributed by atoms with van der Waals surface area (Å²) in [6, 6.07) is 4.86. The molecule has 4 nitrogen and oxygen atoms in total. The molecule has 0 saturated heterocycles. The van der Waals surface area contributed by atoms with Crippen LogP contribution in [0.5, 0.6) is 0 Å². The number of alkyl halides is 3. The van der Waals surface area contributed by atoms with Gasteiger partial charge < -0.3 is 10.4 Å². The maximum Gasteiger partial charge on any atom is 0.401 e. The molecule has 1 rings (SSSR count). The van der Waals surface area contributed by atoms with Crippen molar-refractivity contribution in [3.05, 3.63) is 28.8 Å². The lowest BCUT2D eigenvalue weighted by atomic mass is 10.2. The molecule has 0 fully saturated rings. The van der Waals surface area contributed by atoms with Gasteiger partial charge in [-0.3, -0.25) is 9.69 Å². The van der Waals surface area contributed by atoms with Crippen molar-refractivity contribution in [2.45, 2.75) is 13.1 Å². The summed E-state index contributed by atoms with van der Waals surface area (Å²) in [6.07, 6.45) is -4.43. The van der Waals surface area contributed by atoms with E-state index in [1.807, 2.05) is 0 Å². The van der Waals surface area contributed by atoms with Gasteiger partial charge >= 0.3 is 6.18 Å². The van der Waals surface area contributed by atoms with Crippen LogP contribution in [0.2, 0.25) is 5.02 Å². The zero-order chi connectivity index (χ0) is 16.0. The zero-order valence-corrected chi connectivity index (χ0v) is 12.1. The van der Waals surface area contributed by atoms with Crippen molar-refractivity contribution in [1.29, 1.82) is 0 Å². The average molecular weight is 325 g/mol. The molecule has 0 aromatic heterocycles. The van der Waals surface area contributed by atoms with E-state index in [2.05, 4.69) is 5.32 Å². The van der Waals surface area contributed by atoms with Gasteiger partial charge in [0, 0.05) is 17.3 Å². The molecule has 0 saturated carbocycles. The van der Waals surface area contributed by atoms with E-state index in [9.17, 15) is 18.0 Å². The molecular weight excluding hydrogens is 309 g/mol. The molecule has 21 heavy (non-hydrogen) atoms. The van der Waals surface area contributed by atoms with E-state index < -0.39 is 31.8 Å². The van der Waals surface area contributed by atoms with Crippen molar-refractivity contribution in [3.63, 3.8) is 0 Å². The SMILES string of the molecule is Cc1ccc(Cl)cc1NC(=O)CN(CCO)CC(F)(F)F. The largest absolute Gasteiger partial charge is 0.401 e. The van der Waals surface area contributed by atoms with Crippen molar-refractivity contribution in [3.8, 4) is 0 Å². The molecular formula is C13H16ClF3N2O2. The highest BCUT2D eigenvalue weighted by atomic mass is 35.5. The number of aliphatic hydroxyl groups excluding tert-OH is 1. The number of hydrogen-bond acceptors (Lipinski definition) is 3. The van der Waals surface area contributed by atoms with Crippen LogP contribution in [0.3, 0.4) is 0 Å². The first-order valence-corrected chi connectivity index (χ1v) is 6.55. The summed E-state index contributed by atoms with van der Waals surface area (Å²) in [5, 5.41) is 11.7. The smallest absolute Gasteiger partial charge is 0.395 e. The van der Waals surface area contributed by atoms with Crippen LogP contribution in [0.1, 0.15) is 5.56 Å². The van der Waals surface area contributed by atoms with Gasteiger partial charge in [-0.15, -0.1) is 0 Å². The lowest BCUT2D eigenvalue weighted by molar-refractivity contribution is -0.148. The normalized spacial score (nSPS) is 11.8. The molecule has 0 atom stereocenters. The molecule has 0 radical (unpaired) electrons. The third-order valence-corrected chi connectivity index (χ3v) is 2.90. The summed E-state index contributed by atoms with van der Waals surface area (Å²) >= 11 is 5.80. The molecule has 0 unspecified atom stereocenters. The van der Waals surface area contributed by atoms with E-state index in [1.165, 1.54) is 6.07 Å². The maximum atomic E-state index is 12.4. The van der Waals surface area contributed by atoms with E-state index in [1.54, 1.807) is 19.1 Å². The number of carbonyl (C=O) groups is 1. The van der Waals surface area contributed by atoms with Crippen molar-refractivity contribution in [1.82, 2.24) is 4.90 Å². The molecule has 0 bridgehead atoms. The highest BCUT2D eigenvalue weighted by molar-refractivity contribution is 6.31. The summed E-state index contributed by atoms with van der Waals surface area (Å²) < 4.78 is 37.1. The van der Waals surface area contributed by atoms with Crippen molar-refractivity contribution >= 4 is 23.2 Å². The van der Waals surface area contributed by atoms with Gasteiger partial charge in [0.25, 0.3) is 0 Å². The molecule has 2 N–H and O–H groups in total. The topological polar surface area (TPSA) is 52.6 Å². The van der Waals surface area contributed by atoms with E-state index in [4.69, 9.17) is 16.7 Å². The molecule has 118 valence electrons. The molecule has 1 amide bonds. The predicted molar refractivity (Wildman–Crippen MR) is 74.4 cm³/mol. The predicted octanol–water partition coefficient (Wildman–Crippen LogP) is 2.44. The summed E-state index contributed by atoms with van der Waals surface area (Å²) in [7, 11) is 0. The highest BCUT2D eigenvalue weighted by Gasteiger charge is 2.31. The second-order valence-corrected chi connectivity index (χ2v) is 4.99. The summed E-state index contributed by atoms with van der Waals surface area (Å²) in [4.78, 5) is 12.6. The minimum Gasteiger partial charge on any atom is -0.395 e. The van der Waals surface area contributed by atoms with Crippen LogP contribution in [0.15, 0.2) is 18.2 Å². The summed E-state index contributed by atoms with van der Waals surface area (Å²) in [6.45, 7) is -0.671. The fourth-order valence-corrected chi connectivity index (χ4v) is 1.90. The third kappa shape index (κ3) is 6.79. The molecule has 8 heteroatoms. The standard InChI is InChI=1S/C13H16ClF3N2O2/c1-9-2-3-10(14)6-11(9)18-12(21)7-19(4-5-20)8-13(15,16)17/h2-3,6,20H,4-5,7-8H2,1H3,(H,18,21). The Morgan fingerprint density at radius 1 is 1.43 bits per heavy atom. The Hall–Kier alpha value is -1.31. The number of carbonyl (C=O) groups excluding carboxylic acids is 1. The first-order chi connectivity index (χ1) is 9.71. The fraction of sp³-hybridized carbons (Fsp3) is 0.462. The second kappa shape index (κ2) is 7.63. The average Bonchev–Trinajstić information content (AvgIpc) is 2.32. The minimum absolute atomic E-state index is 0.235. The van der Waals surface area contributed by atoms with Gasteiger partial charge in [0.15, 0.2) is 0 Å². The Morgan fingerprint density at radius 3 is 2.67 bits per heavy atom. The van der Waals surface area contributed by atoms with Crippen molar-refractivity contribution < 1.29 is 23.1 Å². The van der Waals surface area contributed by atoms with Crippen LogP contribution < -0.4 is 5.32 Å². The fourth-order valence-electron chi connectivity index (χ4n) is 1.73. The third-order valence-electron chi connectivity index (χ3n) is 2.66. The maximum absolute atomic E-state index is 12.4. The number of benzene rings is 1. The minimum atomic E-state index is -4.43. The Morgan fingerprint density at radius 2 is 2.10 bits per heavy atom. The number of rotatable bonds is 6. The van der Waals surface area contributed by atoms with Gasteiger partial charge in [0.2, 0.25) is 5.91 Å². The van der Waals surface area contributed by atoms with Crippen LogP contribution in [0.4, 0.5) is 18.9 Å². The molecule has 0 heterocycles. The lowest BCUT2D eigenvalue weighted by Crippen LogP contribution is -2.41. The molecule has 0 spiro atoms. The number of nitrogens with zero attached hydrogens (tertiary/aromatic N) is 1. The summed E-state index contributed by atoms with van der Waals surface area (Å²) in [5.74, 6) is -0.599. The second-order valence-electron chi connectivity index (χ2n) is 4.56. The first kappa shape index (κ1) is 17.7. The molecule has 0 aliphatic heterocycles. The van der Waals surface area contributed by atoms with Crippen LogP contribution >= 0.6 is 11.6 Å². The number of aryl methyl sites for hydroxylation is 1. The van der Waals surface area contributed by atoms with E-state index >= 15 is 0 Å². The molecule has 1 aromatic rings. The summed E-state index contributed by atoms with van der Waals surface area (Å²) in [5.41, 5.74) is 1.20. The van der Waals surface area contributed by atoms with Crippen molar-refractivity contribution in [2.75, 3.05) is 31.6 Å². The van der Waals surface area contributed by atoms with Crippen LogP contribution in [0.25, 0.3) is 0 Å². The van der Waals surface area contributed by atoms with Gasteiger partial charge in [-0.05, 0) is 24.6 Å². The lowest BCUT2D eigenvalue weighted by Gasteiger charge is -2.22. The van der Waals surface area contributed by atoms with Gasteiger partial charge in [-0.2, -0.15) is 13.2 Å². The van der Waals surface area contributed by atoms with Gasteiger partial charge in [-0.1, -0.05) is 17.7 Å². The highest BCUT2D eigenvalue weighted by Crippen LogP contribution is 2.20. The Balaban J connectivity index is 2.67. The number of nitrogens with one attached hydrogen (secondary N) is 1. The Bertz CT molecular complexity index is 495. The van der Waals surface area contributed by atoms with Crippen LogP contribution in [-0.4, -0.2) is 48.3 Å². The monoisotopic (exact) mass is 324 g/mol. The number of hydrogen-bond donors (Lipinski definition) is 2. The van der Waals surface area contributed by atoms with Crippen LogP contribution in [0, 0.1) is 6.92 Å². The van der Waals surface area contributed by atoms with Gasteiger partial charge in [0.05, 0.1) is 19.7 Å². The van der Waals surface area contributed by atoms with E-state index in [0.717, 1.165) is 10.5 Å². The van der Waals surface area contributed by atoms with E-state index in [0.29, 0.717) is 10.7 Å². The number of halogens is 4. The van der Waals surface area contributed by atoms with Crippen molar-refractivity contribution in [2.24, 2.45) is 0 Å². The quantitative estimate of drug-likeness (QED) is 0.845. The molecule has 0 aliphatic rings. The van der Waals surface area contributed by atoms with Gasteiger partial charge in [-0.25, -0.2) is 0 Å². The van der Waals surface area contributed by atoms with E-state index in [-0.39, 0.29) is 6.54 Å². The Labute approximate surface area is 125 Å². The van der Waals surface area contributed by atoms with Gasteiger partial charge in [0.1, 0.15) is 0 Å². The number of amides is 1. The number of anilines is 1. The Kier molecular flexibility index (Phi) is 6.44. The zero-order valence-electron chi connectivity index (χ0n) is 11.4.